The number of imidazole rings is 1. The van der Waals surface area contributed by atoms with Crippen LogP contribution in [-0.2, 0) is 12.5 Å². The van der Waals surface area contributed by atoms with Crippen LogP contribution in [0.3, 0.4) is 0 Å². The van der Waals surface area contributed by atoms with E-state index >= 15 is 0 Å². The van der Waals surface area contributed by atoms with Gasteiger partial charge in [0.25, 0.3) is 5.92 Å². The van der Waals surface area contributed by atoms with E-state index in [0.29, 0.717) is 44.9 Å². The smallest absolute Gasteiger partial charge is 0.287 e. The van der Waals surface area contributed by atoms with E-state index in [2.05, 4.69) is 37.7 Å². The SMILES string of the molecule is CC(F)(F)c1cc2nc(-c3ncc(OCc4cc(C5CC5)no4)cc3S)[nH]c2cn1. The zero-order valence-electron chi connectivity index (χ0n) is 15.9. The Morgan fingerprint density at radius 1 is 1.23 bits per heavy atom. The van der Waals surface area contributed by atoms with E-state index in [1.54, 1.807) is 12.3 Å². The first-order valence-electron chi connectivity index (χ1n) is 9.38. The number of pyridine rings is 2. The van der Waals surface area contributed by atoms with Gasteiger partial charge in [-0.1, -0.05) is 5.16 Å². The third kappa shape index (κ3) is 3.74. The quantitative estimate of drug-likeness (QED) is 0.425. The predicted molar refractivity (Wildman–Crippen MR) is 107 cm³/mol. The van der Waals surface area contributed by atoms with E-state index in [1.807, 2.05) is 6.07 Å². The maximum atomic E-state index is 13.5. The van der Waals surface area contributed by atoms with Gasteiger partial charge in [0.1, 0.15) is 23.7 Å². The number of ether oxygens (including phenoxy) is 1. The molecule has 10 heteroatoms. The molecule has 4 aromatic heterocycles. The molecule has 1 saturated carbocycles. The molecule has 0 bridgehead atoms. The van der Waals surface area contributed by atoms with Crippen molar-refractivity contribution in [3.8, 4) is 17.3 Å². The highest BCUT2D eigenvalue weighted by molar-refractivity contribution is 7.80. The summed E-state index contributed by atoms with van der Waals surface area (Å²) < 4.78 is 38.0. The van der Waals surface area contributed by atoms with Gasteiger partial charge in [-0.2, -0.15) is 8.78 Å². The zero-order chi connectivity index (χ0) is 20.9. The van der Waals surface area contributed by atoms with Crippen LogP contribution in [0.25, 0.3) is 22.6 Å². The van der Waals surface area contributed by atoms with Crippen LogP contribution < -0.4 is 4.74 Å². The molecule has 0 aliphatic heterocycles. The van der Waals surface area contributed by atoms with Gasteiger partial charge in [0.2, 0.25) is 0 Å². The molecule has 154 valence electrons. The average Bonchev–Trinajstić information content (AvgIpc) is 3.29. The van der Waals surface area contributed by atoms with Crippen LogP contribution in [0.1, 0.15) is 42.8 Å². The first-order valence-corrected chi connectivity index (χ1v) is 9.83. The Hall–Kier alpha value is -3.01. The van der Waals surface area contributed by atoms with Gasteiger partial charge < -0.3 is 14.2 Å². The highest BCUT2D eigenvalue weighted by Crippen LogP contribution is 2.39. The summed E-state index contributed by atoms with van der Waals surface area (Å²) in [5, 5.41) is 4.05. The van der Waals surface area contributed by atoms with E-state index in [4.69, 9.17) is 9.26 Å². The molecule has 1 aliphatic rings. The van der Waals surface area contributed by atoms with Gasteiger partial charge in [0.05, 0.1) is 29.1 Å². The van der Waals surface area contributed by atoms with Gasteiger partial charge in [-0.15, -0.1) is 12.6 Å². The average molecular weight is 429 g/mol. The number of alkyl halides is 2. The summed E-state index contributed by atoms with van der Waals surface area (Å²) in [4.78, 5) is 16.1. The van der Waals surface area contributed by atoms with Crippen molar-refractivity contribution in [1.82, 2.24) is 25.1 Å². The Bertz CT molecular complexity index is 1230. The molecule has 0 radical (unpaired) electrons. The number of H-pyrrole nitrogens is 1. The summed E-state index contributed by atoms with van der Waals surface area (Å²) in [6.07, 6.45) is 5.19. The fraction of sp³-hybridized carbons (Fsp3) is 0.300. The molecule has 1 N–H and O–H groups in total. The third-order valence-corrected chi connectivity index (χ3v) is 5.18. The van der Waals surface area contributed by atoms with Gasteiger partial charge in [0, 0.05) is 23.8 Å². The van der Waals surface area contributed by atoms with Crippen molar-refractivity contribution in [2.75, 3.05) is 0 Å². The first-order chi connectivity index (χ1) is 14.4. The second-order valence-corrected chi connectivity index (χ2v) is 7.86. The summed E-state index contributed by atoms with van der Waals surface area (Å²) >= 11 is 4.47. The number of thiol groups is 1. The number of nitrogens with zero attached hydrogens (tertiary/aromatic N) is 4. The summed E-state index contributed by atoms with van der Waals surface area (Å²) in [7, 11) is 0. The van der Waals surface area contributed by atoms with Crippen molar-refractivity contribution in [3.63, 3.8) is 0 Å². The summed E-state index contributed by atoms with van der Waals surface area (Å²) in [5.41, 5.74) is 2.02. The van der Waals surface area contributed by atoms with Crippen LogP contribution in [0.15, 0.2) is 40.0 Å². The number of rotatable bonds is 6. The van der Waals surface area contributed by atoms with Gasteiger partial charge >= 0.3 is 0 Å². The molecule has 0 unspecified atom stereocenters. The molecule has 1 aliphatic carbocycles. The lowest BCUT2D eigenvalue weighted by Gasteiger charge is -2.07. The summed E-state index contributed by atoms with van der Waals surface area (Å²) in [6, 6.07) is 4.89. The van der Waals surface area contributed by atoms with Crippen molar-refractivity contribution >= 4 is 23.7 Å². The molecular weight excluding hydrogens is 412 g/mol. The minimum absolute atomic E-state index is 0.234. The van der Waals surface area contributed by atoms with E-state index in [0.717, 1.165) is 25.5 Å². The lowest BCUT2D eigenvalue weighted by atomic mass is 10.2. The van der Waals surface area contributed by atoms with Crippen molar-refractivity contribution in [1.29, 1.82) is 0 Å². The highest BCUT2D eigenvalue weighted by Gasteiger charge is 2.28. The second-order valence-electron chi connectivity index (χ2n) is 7.38. The molecule has 0 aromatic carbocycles. The molecular formula is C20H17F2N5O2S. The van der Waals surface area contributed by atoms with Crippen molar-refractivity contribution in [3.05, 3.63) is 47.7 Å². The minimum atomic E-state index is -3.04. The van der Waals surface area contributed by atoms with Crippen LogP contribution in [0.2, 0.25) is 0 Å². The third-order valence-electron chi connectivity index (χ3n) is 4.84. The Morgan fingerprint density at radius 3 is 2.80 bits per heavy atom. The Morgan fingerprint density at radius 2 is 2.07 bits per heavy atom. The Labute approximate surface area is 175 Å². The number of nitrogens with one attached hydrogen (secondary N) is 1. The topological polar surface area (TPSA) is 89.7 Å². The van der Waals surface area contributed by atoms with Crippen molar-refractivity contribution in [2.24, 2.45) is 0 Å². The number of hydrogen-bond acceptors (Lipinski definition) is 7. The fourth-order valence-corrected chi connectivity index (χ4v) is 3.37. The number of hydrogen-bond donors (Lipinski definition) is 2. The molecule has 0 atom stereocenters. The lowest BCUT2D eigenvalue weighted by molar-refractivity contribution is 0.0129. The predicted octanol–water partition coefficient (Wildman–Crippen LogP) is 4.86. The molecule has 5 rings (SSSR count). The van der Waals surface area contributed by atoms with Crippen LogP contribution in [0, 0.1) is 0 Å². The van der Waals surface area contributed by atoms with Crippen LogP contribution in [0.5, 0.6) is 5.75 Å². The maximum Gasteiger partial charge on any atom is 0.287 e. The fourth-order valence-electron chi connectivity index (χ4n) is 3.08. The van der Waals surface area contributed by atoms with Gasteiger partial charge in [-0.25, -0.2) is 9.97 Å². The molecule has 1 fully saturated rings. The Balaban J connectivity index is 1.34. The van der Waals surface area contributed by atoms with Gasteiger partial charge in [0.15, 0.2) is 11.6 Å². The van der Waals surface area contributed by atoms with Crippen LogP contribution in [-0.4, -0.2) is 25.1 Å². The van der Waals surface area contributed by atoms with E-state index in [-0.39, 0.29) is 12.3 Å². The standard InChI is InChI=1S/C20H17F2N5O2S/c1-20(21,22)17-6-14-15(8-23-17)26-19(25-14)18-16(30)5-11(7-24-18)28-9-12-4-13(27-29-12)10-2-3-10/h4-8,10,30H,2-3,9H2,1H3,(H,25,26). The number of halogens is 2. The Kier molecular flexibility index (Phi) is 4.46. The molecule has 0 spiro atoms. The lowest BCUT2D eigenvalue weighted by Crippen LogP contribution is -2.09. The molecule has 30 heavy (non-hydrogen) atoms. The molecule has 7 nitrogen and oxygen atoms in total. The summed E-state index contributed by atoms with van der Waals surface area (Å²) in [5.74, 6) is -0.952. The van der Waals surface area contributed by atoms with E-state index in [9.17, 15) is 8.78 Å². The van der Waals surface area contributed by atoms with Crippen molar-refractivity contribution < 1.29 is 18.0 Å². The normalized spacial score (nSPS) is 14.4. The highest BCUT2D eigenvalue weighted by atomic mass is 32.1. The van der Waals surface area contributed by atoms with E-state index in [1.165, 1.54) is 12.3 Å². The zero-order valence-corrected chi connectivity index (χ0v) is 16.8. The number of fused-ring (bicyclic) bond motifs is 1. The number of aromatic amines is 1. The monoisotopic (exact) mass is 429 g/mol. The van der Waals surface area contributed by atoms with E-state index < -0.39 is 5.92 Å². The molecule has 4 heterocycles. The number of aromatic nitrogens is 5. The largest absolute Gasteiger partial charge is 0.484 e. The molecule has 0 amide bonds. The van der Waals surface area contributed by atoms with Gasteiger partial charge in [-0.3, -0.25) is 4.98 Å². The van der Waals surface area contributed by atoms with Crippen LogP contribution >= 0.6 is 12.6 Å². The second kappa shape index (κ2) is 7.05. The molecule has 0 saturated heterocycles. The van der Waals surface area contributed by atoms with Crippen LogP contribution in [0.4, 0.5) is 8.78 Å². The first kappa shape index (κ1) is 19.0. The van der Waals surface area contributed by atoms with Gasteiger partial charge in [-0.05, 0) is 25.0 Å². The summed E-state index contributed by atoms with van der Waals surface area (Å²) in [6.45, 7) is 1.03. The minimum Gasteiger partial charge on any atom is -0.484 e. The van der Waals surface area contributed by atoms with Crippen molar-refractivity contribution in [2.45, 2.75) is 43.1 Å². The maximum absolute atomic E-state index is 13.5. The molecule has 4 aromatic rings.